The van der Waals surface area contributed by atoms with Gasteiger partial charge in [-0.05, 0) is 22.4 Å². The van der Waals surface area contributed by atoms with E-state index in [1.54, 1.807) is 17.7 Å². The van der Waals surface area contributed by atoms with Crippen LogP contribution >= 0.6 is 11.3 Å². The summed E-state index contributed by atoms with van der Waals surface area (Å²) in [5.41, 5.74) is 0.885. The third-order valence-corrected chi connectivity index (χ3v) is 3.83. The predicted octanol–water partition coefficient (Wildman–Crippen LogP) is 3.84. The lowest BCUT2D eigenvalue weighted by Crippen LogP contribution is -2.13. The lowest BCUT2D eigenvalue weighted by atomic mass is 10.0. The molecule has 0 radical (unpaired) electrons. The van der Waals surface area contributed by atoms with Gasteiger partial charge in [-0.3, -0.25) is 10.1 Å². The number of nitrogens with one attached hydrogen (secondary N) is 1. The van der Waals surface area contributed by atoms with Gasteiger partial charge in [0, 0.05) is 11.6 Å². The second kappa shape index (κ2) is 6.20. The molecular weight excluding hydrogens is 294 g/mol. The number of carbonyl (C=O) groups is 1. The van der Waals surface area contributed by atoms with E-state index < -0.39 is 5.91 Å². The average molecular weight is 305 g/mol. The molecule has 0 aliphatic heterocycles. The van der Waals surface area contributed by atoms with Crippen LogP contribution in [0.2, 0.25) is 0 Å². The zero-order valence-electron chi connectivity index (χ0n) is 11.5. The molecule has 1 amide bonds. The standard InChI is InChI=1S/C17H11N3OS/c18-11-14(16(21)20-17-19-8-9-22-17)10-13-6-3-5-12-4-1-2-7-15(12)13/h1-10H,(H,19,20,21). The van der Waals surface area contributed by atoms with Crippen LogP contribution in [0.3, 0.4) is 0 Å². The molecule has 3 aromatic rings. The Morgan fingerprint density at radius 1 is 1.23 bits per heavy atom. The van der Waals surface area contributed by atoms with Gasteiger partial charge in [0.25, 0.3) is 5.91 Å². The molecule has 4 nitrogen and oxygen atoms in total. The summed E-state index contributed by atoms with van der Waals surface area (Å²) in [7, 11) is 0. The lowest BCUT2D eigenvalue weighted by molar-refractivity contribution is -0.112. The van der Waals surface area contributed by atoms with Crippen molar-refractivity contribution in [2.24, 2.45) is 0 Å². The zero-order valence-corrected chi connectivity index (χ0v) is 12.3. The fourth-order valence-corrected chi connectivity index (χ4v) is 2.65. The fraction of sp³-hybridized carbons (Fsp3) is 0. The number of amides is 1. The Bertz CT molecular complexity index is 886. The van der Waals surface area contributed by atoms with Gasteiger partial charge in [0.15, 0.2) is 5.13 Å². The molecule has 106 valence electrons. The molecule has 2 aromatic carbocycles. The van der Waals surface area contributed by atoms with Crippen LogP contribution in [-0.4, -0.2) is 10.9 Å². The zero-order chi connectivity index (χ0) is 15.4. The molecule has 0 atom stereocenters. The van der Waals surface area contributed by atoms with Crippen molar-refractivity contribution in [3.05, 3.63) is 65.2 Å². The van der Waals surface area contributed by atoms with E-state index in [4.69, 9.17) is 0 Å². The molecule has 0 fully saturated rings. The van der Waals surface area contributed by atoms with Gasteiger partial charge in [-0.2, -0.15) is 5.26 Å². The van der Waals surface area contributed by atoms with E-state index in [-0.39, 0.29) is 5.57 Å². The summed E-state index contributed by atoms with van der Waals surface area (Å²) in [5.74, 6) is -0.453. The predicted molar refractivity (Wildman–Crippen MR) is 88.3 cm³/mol. The molecule has 3 rings (SSSR count). The normalized spacial score (nSPS) is 11.1. The Kier molecular flexibility index (Phi) is 3.95. The molecule has 0 saturated heterocycles. The highest BCUT2D eigenvalue weighted by molar-refractivity contribution is 7.13. The van der Waals surface area contributed by atoms with Crippen molar-refractivity contribution >= 4 is 39.2 Å². The second-order valence-electron chi connectivity index (χ2n) is 4.53. The second-order valence-corrected chi connectivity index (χ2v) is 5.42. The molecular formula is C17H11N3OS. The van der Waals surface area contributed by atoms with Crippen LogP contribution in [-0.2, 0) is 4.79 Å². The number of nitrogens with zero attached hydrogens (tertiary/aromatic N) is 2. The molecule has 22 heavy (non-hydrogen) atoms. The Hall–Kier alpha value is -2.97. The largest absolute Gasteiger partial charge is 0.297 e. The van der Waals surface area contributed by atoms with Gasteiger partial charge < -0.3 is 0 Å². The summed E-state index contributed by atoms with van der Waals surface area (Å²) in [4.78, 5) is 16.1. The highest BCUT2D eigenvalue weighted by Crippen LogP contribution is 2.21. The van der Waals surface area contributed by atoms with Gasteiger partial charge in [0.2, 0.25) is 0 Å². The first kappa shape index (κ1) is 14.0. The molecule has 1 N–H and O–H groups in total. The minimum atomic E-state index is -0.453. The maximum absolute atomic E-state index is 12.1. The third kappa shape index (κ3) is 2.87. The molecule has 0 unspecified atom stereocenters. The van der Waals surface area contributed by atoms with Crippen LogP contribution in [0, 0.1) is 11.3 Å². The van der Waals surface area contributed by atoms with Crippen LogP contribution in [0.1, 0.15) is 5.56 Å². The maximum Gasteiger partial charge on any atom is 0.268 e. The number of anilines is 1. The lowest BCUT2D eigenvalue weighted by Gasteiger charge is -2.03. The van der Waals surface area contributed by atoms with Crippen LogP contribution in [0.4, 0.5) is 5.13 Å². The third-order valence-electron chi connectivity index (χ3n) is 3.14. The molecule has 0 saturated carbocycles. The Morgan fingerprint density at radius 3 is 2.82 bits per heavy atom. The number of benzene rings is 2. The van der Waals surface area contributed by atoms with Crippen molar-refractivity contribution in [2.45, 2.75) is 0 Å². The molecule has 0 bridgehead atoms. The summed E-state index contributed by atoms with van der Waals surface area (Å²) in [6.07, 6.45) is 3.20. The van der Waals surface area contributed by atoms with Crippen molar-refractivity contribution < 1.29 is 4.79 Å². The first-order valence-corrected chi connectivity index (χ1v) is 7.46. The van der Waals surface area contributed by atoms with Crippen LogP contribution in [0.5, 0.6) is 0 Å². The van der Waals surface area contributed by atoms with E-state index in [2.05, 4.69) is 10.3 Å². The number of thiazole rings is 1. The molecule has 5 heteroatoms. The van der Waals surface area contributed by atoms with E-state index in [1.165, 1.54) is 11.3 Å². The van der Waals surface area contributed by atoms with E-state index in [9.17, 15) is 10.1 Å². The van der Waals surface area contributed by atoms with E-state index >= 15 is 0 Å². The molecule has 1 aromatic heterocycles. The summed E-state index contributed by atoms with van der Waals surface area (Å²) in [6, 6.07) is 15.6. The number of carbonyl (C=O) groups excluding carboxylic acids is 1. The molecule has 0 aliphatic carbocycles. The maximum atomic E-state index is 12.1. The fourth-order valence-electron chi connectivity index (χ4n) is 2.13. The van der Waals surface area contributed by atoms with Crippen LogP contribution in [0.15, 0.2) is 59.6 Å². The number of aromatic nitrogens is 1. The Balaban J connectivity index is 1.97. The molecule has 0 aliphatic rings. The number of hydrogen-bond donors (Lipinski definition) is 1. The number of fused-ring (bicyclic) bond motifs is 1. The van der Waals surface area contributed by atoms with Crippen molar-refractivity contribution in [3.63, 3.8) is 0 Å². The first-order valence-electron chi connectivity index (χ1n) is 6.58. The van der Waals surface area contributed by atoms with E-state index in [1.807, 2.05) is 48.5 Å². The van der Waals surface area contributed by atoms with E-state index in [0.29, 0.717) is 5.13 Å². The van der Waals surface area contributed by atoms with Gasteiger partial charge >= 0.3 is 0 Å². The van der Waals surface area contributed by atoms with Crippen LogP contribution in [0.25, 0.3) is 16.8 Å². The van der Waals surface area contributed by atoms with Gasteiger partial charge in [-0.25, -0.2) is 4.98 Å². The average Bonchev–Trinajstić information content (AvgIpc) is 3.05. The monoisotopic (exact) mass is 305 g/mol. The Morgan fingerprint density at radius 2 is 2.05 bits per heavy atom. The van der Waals surface area contributed by atoms with Crippen molar-refractivity contribution in [3.8, 4) is 6.07 Å². The molecule has 1 heterocycles. The quantitative estimate of drug-likeness (QED) is 0.590. The summed E-state index contributed by atoms with van der Waals surface area (Å²) in [6.45, 7) is 0. The summed E-state index contributed by atoms with van der Waals surface area (Å²) in [5, 5.41) is 16.2. The summed E-state index contributed by atoms with van der Waals surface area (Å²) >= 11 is 1.31. The number of rotatable bonds is 3. The minimum Gasteiger partial charge on any atom is -0.297 e. The number of nitriles is 1. The topological polar surface area (TPSA) is 65.8 Å². The van der Waals surface area contributed by atoms with E-state index in [0.717, 1.165) is 16.3 Å². The minimum absolute atomic E-state index is 0.0477. The van der Waals surface area contributed by atoms with Gasteiger partial charge in [-0.1, -0.05) is 42.5 Å². The number of hydrogen-bond acceptors (Lipinski definition) is 4. The van der Waals surface area contributed by atoms with Gasteiger partial charge in [0.1, 0.15) is 11.6 Å². The van der Waals surface area contributed by atoms with Crippen molar-refractivity contribution in [1.29, 1.82) is 5.26 Å². The van der Waals surface area contributed by atoms with Gasteiger partial charge in [0.05, 0.1) is 0 Å². The summed E-state index contributed by atoms with van der Waals surface area (Å²) < 4.78 is 0. The SMILES string of the molecule is N#CC(=Cc1cccc2ccccc12)C(=O)Nc1nccs1. The van der Waals surface area contributed by atoms with Crippen molar-refractivity contribution in [2.75, 3.05) is 5.32 Å². The van der Waals surface area contributed by atoms with Crippen LogP contribution < -0.4 is 5.32 Å². The smallest absolute Gasteiger partial charge is 0.268 e. The Labute approximate surface area is 131 Å². The molecule has 0 spiro atoms. The highest BCUT2D eigenvalue weighted by atomic mass is 32.1. The first-order chi connectivity index (χ1) is 10.8. The van der Waals surface area contributed by atoms with Gasteiger partial charge in [-0.15, -0.1) is 11.3 Å². The highest BCUT2D eigenvalue weighted by Gasteiger charge is 2.11. The van der Waals surface area contributed by atoms with Crippen molar-refractivity contribution in [1.82, 2.24) is 4.98 Å².